The molecule has 0 aromatic carbocycles. The fourth-order valence-corrected chi connectivity index (χ4v) is 2.77. The van der Waals surface area contributed by atoms with Crippen molar-refractivity contribution in [2.24, 2.45) is 5.92 Å². The first kappa shape index (κ1) is 15.7. The monoisotopic (exact) mass is 290 g/mol. The Morgan fingerprint density at radius 2 is 2.05 bits per heavy atom. The Balaban J connectivity index is 1.76. The van der Waals surface area contributed by atoms with E-state index in [4.69, 9.17) is 0 Å². The van der Waals surface area contributed by atoms with Crippen LogP contribution in [-0.2, 0) is 0 Å². The number of carbonyl (C=O) groups excluding carboxylic acids is 1. The molecule has 2 N–H and O–H groups in total. The Kier molecular flexibility index (Phi) is 6.44. The third-order valence-corrected chi connectivity index (χ3v) is 3.99. The first-order valence-electron chi connectivity index (χ1n) is 8.13. The van der Waals surface area contributed by atoms with Crippen LogP contribution in [0.1, 0.15) is 62.4 Å². The molecule has 5 nitrogen and oxygen atoms in total. The molecular formula is C16H26N4O. The topological polar surface area (TPSA) is 66.9 Å². The predicted molar refractivity (Wildman–Crippen MR) is 84.3 cm³/mol. The standard InChI is InChI=1S/C16H26N4O/c1-2-9-18-15-12-17-11-14(20-15)16(21)19-10-8-13-6-4-3-5-7-13/h11-13H,2-10H2,1H3,(H,18,20)(H,19,21). The summed E-state index contributed by atoms with van der Waals surface area (Å²) in [6.45, 7) is 3.65. The lowest BCUT2D eigenvalue weighted by atomic mass is 9.87. The SMILES string of the molecule is CCCNc1cncc(C(=O)NCCC2CCCCC2)n1. The van der Waals surface area contributed by atoms with Gasteiger partial charge in [0.05, 0.1) is 12.4 Å². The molecule has 0 atom stereocenters. The zero-order valence-electron chi connectivity index (χ0n) is 12.9. The Morgan fingerprint density at radius 1 is 1.24 bits per heavy atom. The number of rotatable bonds is 7. The number of amides is 1. The van der Waals surface area contributed by atoms with Gasteiger partial charge in [0.25, 0.3) is 5.91 Å². The van der Waals surface area contributed by atoms with E-state index in [0.717, 1.165) is 31.8 Å². The van der Waals surface area contributed by atoms with Crippen LogP contribution in [0.15, 0.2) is 12.4 Å². The van der Waals surface area contributed by atoms with Crippen molar-refractivity contribution in [1.29, 1.82) is 0 Å². The highest BCUT2D eigenvalue weighted by Crippen LogP contribution is 2.25. The van der Waals surface area contributed by atoms with Crippen molar-refractivity contribution in [3.05, 3.63) is 18.1 Å². The van der Waals surface area contributed by atoms with E-state index in [1.165, 1.54) is 38.3 Å². The minimum atomic E-state index is -0.126. The highest BCUT2D eigenvalue weighted by molar-refractivity contribution is 5.92. The molecule has 0 unspecified atom stereocenters. The second-order valence-corrected chi connectivity index (χ2v) is 5.76. The number of anilines is 1. The van der Waals surface area contributed by atoms with Crippen LogP contribution in [0.2, 0.25) is 0 Å². The van der Waals surface area contributed by atoms with Gasteiger partial charge in [0.2, 0.25) is 0 Å². The van der Waals surface area contributed by atoms with E-state index in [1.807, 2.05) is 0 Å². The molecule has 1 amide bonds. The van der Waals surface area contributed by atoms with Crippen LogP contribution in [0.25, 0.3) is 0 Å². The Bertz CT molecular complexity index is 444. The number of hydrogen-bond acceptors (Lipinski definition) is 4. The van der Waals surface area contributed by atoms with Crippen molar-refractivity contribution in [1.82, 2.24) is 15.3 Å². The summed E-state index contributed by atoms with van der Waals surface area (Å²) in [5, 5.41) is 6.10. The van der Waals surface area contributed by atoms with Gasteiger partial charge in [-0.15, -0.1) is 0 Å². The van der Waals surface area contributed by atoms with E-state index in [0.29, 0.717) is 11.5 Å². The van der Waals surface area contributed by atoms with Gasteiger partial charge in [-0.1, -0.05) is 39.0 Å². The van der Waals surface area contributed by atoms with Crippen LogP contribution in [0.4, 0.5) is 5.82 Å². The molecule has 116 valence electrons. The fourth-order valence-electron chi connectivity index (χ4n) is 2.77. The molecule has 1 saturated carbocycles. The lowest BCUT2D eigenvalue weighted by Gasteiger charge is -2.21. The van der Waals surface area contributed by atoms with Crippen LogP contribution >= 0.6 is 0 Å². The van der Waals surface area contributed by atoms with Crippen LogP contribution in [-0.4, -0.2) is 29.0 Å². The molecule has 1 aromatic heterocycles. The minimum Gasteiger partial charge on any atom is -0.369 e. The second-order valence-electron chi connectivity index (χ2n) is 5.76. The van der Waals surface area contributed by atoms with E-state index in [1.54, 1.807) is 6.20 Å². The van der Waals surface area contributed by atoms with E-state index >= 15 is 0 Å². The Hall–Kier alpha value is -1.65. The van der Waals surface area contributed by atoms with Gasteiger partial charge in [-0.3, -0.25) is 9.78 Å². The third kappa shape index (κ3) is 5.33. The Labute approximate surface area is 127 Å². The number of nitrogens with one attached hydrogen (secondary N) is 2. The predicted octanol–water partition coefficient (Wildman–Crippen LogP) is 3.00. The van der Waals surface area contributed by atoms with Crippen molar-refractivity contribution in [3.63, 3.8) is 0 Å². The van der Waals surface area contributed by atoms with Crippen molar-refractivity contribution in [2.45, 2.75) is 51.9 Å². The highest BCUT2D eigenvalue weighted by atomic mass is 16.1. The third-order valence-electron chi connectivity index (χ3n) is 3.99. The summed E-state index contributed by atoms with van der Waals surface area (Å²) in [7, 11) is 0. The largest absolute Gasteiger partial charge is 0.369 e. The molecule has 1 heterocycles. The molecule has 0 bridgehead atoms. The van der Waals surface area contributed by atoms with Crippen LogP contribution in [0, 0.1) is 5.92 Å². The first-order chi connectivity index (χ1) is 10.3. The maximum atomic E-state index is 12.1. The molecule has 5 heteroatoms. The summed E-state index contributed by atoms with van der Waals surface area (Å²) < 4.78 is 0. The molecule has 1 aliphatic carbocycles. The van der Waals surface area contributed by atoms with Gasteiger partial charge in [0.1, 0.15) is 11.5 Å². The van der Waals surface area contributed by atoms with Gasteiger partial charge >= 0.3 is 0 Å². The van der Waals surface area contributed by atoms with Gasteiger partial charge in [0.15, 0.2) is 0 Å². The maximum absolute atomic E-state index is 12.1. The van der Waals surface area contributed by atoms with Crippen molar-refractivity contribution in [2.75, 3.05) is 18.4 Å². The molecule has 1 aromatic rings. The van der Waals surface area contributed by atoms with E-state index in [-0.39, 0.29) is 5.91 Å². The van der Waals surface area contributed by atoms with Crippen LogP contribution in [0.3, 0.4) is 0 Å². The molecule has 0 saturated heterocycles. The average Bonchev–Trinajstić information content (AvgIpc) is 2.54. The fraction of sp³-hybridized carbons (Fsp3) is 0.688. The summed E-state index contributed by atoms with van der Waals surface area (Å²) in [5.74, 6) is 1.32. The van der Waals surface area contributed by atoms with E-state index < -0.39 is 0 Å². The number of nitrogens with zero attached hydrogens (tertiary/aromatic N) is 2. The number of hydrogen-bond donors (Lipinski definition) is 2. The molecule has 1 fully saturated rings. The highest BCUT2D eigenvalue weighted by Gasteiger charge is 2.14. The van der Waals surface area contributed by atoms with Gasteiger partial charge in [0, 0.05) is 13.1 Å². The van der Waals surface area contributed by atoms with Gasteiger partial charge < -0.3 is 10.6 Å². The zero-order chi connectivity index (χ0) is 14.9. The van der Waals surface area contributed by atoms with Crippen molar-refractivity contribution >= 4 is 11.7 Å². The van der Waals surface area contributed by atoms with E-state index in [9.17, 15) is 4.79 Å². The summed E-state index contributed by atoms with van der Waals surface area (Å²) in [6.07, 6.45) is 11.9. The molecule has 21 heavy (non-hydrogen) atoms. The normalized spacial score (nSPS) is 15.7. The summed E-state index contributed by atoms with van der Waals surface area (Å²) in [4.78, 5) is 20.4. The average molecular weight is 290 g/mol. The minimum absolute atomic E-state index is 0.126. The smallest absolute Gasteiger partial charge is 0.271 e. The van der Waals surface area contributed by atoms with Crippen molar-refractivity contribution < 1.29 is 4.79 Å². The second kappa shape index (κ2) is 8.60. The van der Waals surface area contributed by atoms with Crippen LogP contribution < -0.4 is 10.6 Å². The Morgan fingerprint density at radius 3 is 2.81 bits per heavy atom. The molecule has 0 radical (unpaired) electrons. The first-order valence-corrected chi connectivity index (χ1v) is 8.13. The van der Waals surface area contributed by atoms with Crippen molar-refractivity contribution in [3.8, 4) is 0 Å². The maximum Gasteiger partial charge on any atom is 0.271 e. The number of carbonyl (C=O) groups is 1. The molecule has 0 aliphatic heterocycles. The quantitative estimate of drug-likeness (QED) is 0.810. The van der Waals surface area contributed by atoms with E-state index in [2.05, 4.69) is 27.5 Å². The molecule has 2 rings (SSSR count). The zero-order valence-corrected chi connectivity index (χ0v) is 12.9. The van der Waals surface area contributed by atoms with Gasteiger partial charge in [-0.2, -0.15) is 0 Å². The summed E-state index contributed by atoms with van der Waals surface area (Å²) in [5.41, 5.74) is 0.389. The number of aromatic nitrogens is 2. The molecule has 0 spiro atoms. The molecular weight excluding hydrogens is 264 g/mol. The lowest BCUT2D eigenvalue weighted by Crippen LogP contribution is -2.27. The summed E-state index contributed by atoms with van der Waals surface area (Å²) in [6, 6.07) is 0. The van der Waals surface area contributed by atoms with Gasteiger partial charge in [-0.05, 0) is 18.8 Å². The summed E-state index contributed by atoms with van der Waals surface area (Å²) >= 11 is 0. The van der Waals surface area contributed by atoms with Crippen LogP contribution in [0.5, 0.6) is 0 Å². The van der Waals surface area contributed by atoms with Gasteiger partial charge in [-0.25, -0.2) is 4.98 Å². The molecule has 1 aliphatic rings. The lowest BCUT2D eigenvalue weighted by molar-refractivity contribution is 0.0945.